The number of hydrogen-bond acceptors (Lipinski definition) is 5. The van der Waals surface area contributed by atoms with Crippen LogP contribution < -0.4 is 0 Å². The third kappa shape index (κ3) is 4.70. The van der Waals surface area contributed by atoms with E-state index in [1.807, 2.05) is 24.3 Å². The van der Waals surface area contributed by atoms with E-state index in [9.17, 15) is 13.2 Å². The lowest BCUT2D eigenvalue weighted by atomic mass is 10.1. The van der Waals surface area contributed by atoms with Crippen LogP contribution in [0.5, 0.6) is 0 Å². The highest BCUT2D eigenvalue weighted by Gasteiger charge is 2.30. The van der Waals surface area contributed by atoms with Crippen molar-refractivity contribution in [1.82, 2.24) is 20.1 Å². The summed E-state index contributed by atoms with van der Waals surface area (Å²) < 4.78 is 44.7. The molecule has 0 spiro atoms. The first-order valence-corrected chi connectivity index (χ1v) is 10.1. The van der Waals surface area contributed by atoms with Crippen LogP contribution in [0, 0.1) is 0 Å². The highest BCUT2D eigenvalue weighted by Crippen LogP contribution is 2.32. The van der Waals surface area contributed by atoms with E-state index in [0.717, 1.165) is 27.9 Å². The predicted molar refractivity (Wildman–Crippen MR) is 106 cm³/mol. The molecule has 0 aliphatic heterocycles. The molecule has 0 fully saturated rings. The fraction of sp³-hybridized carbons (Fsp3) is 0.105. The van der Waals surface area contributed by atoms with Crippen molar-refractivity contribution in [3.8, 4) is 22.6 Å². The Hall–Kier alpha value is -2.59. The number of thioether (sulfide) groups is 1. The van der Waals surface area contributed by atoms with Gasteiger partial charge in [-0.25, -0.2) is 4.98 Å². The maximum absolute atomic E-state index is 12.9. The second kappa shape index (κ2) is 8.03. The lowest BCUT2D eigenvalue weighted by Crippen LogP contribution is -2.04. The van der Waals surface area contributed by atoms with Gasteiger partial charge in [0.15, 0.2) is 5.16 Å². The van der Waals surface area contributed by atoms with Gasteiger partial charge in [0.25, 0.3) is 0 Å². The van der Waals surface area contributed by atoms with E-state index in [-0.39, 0.29) is 11.4 Å². The topological polar surface area (TPSA) is 67.6 Å². The Morgan fingerprint density at radius 3 is 2.62 bits per heavy atom. The highest BCUT2D eigenvalue weighted by atomic mass is 79.9. The van der Waals surface area contributed by atoms with Crippen LogP contribution in [0.15, 0.2) is 68.9 Å². The number of halogens is 4. The lowest BCUT2D eigenvalue weighted by Gasteiger charge is -2.06. The Bertz CT molecular complexity index is 1120. The molecular formula is C19H12BrF3N4OS. The van der Waals surface area contributed by atoms with Crippen LogP contribution in [0.1, 0.15) is 11.5 Å². The number of benzene rings is 2. The second-order valence-corrected chi connectivity index (χ2v) is 7.87. The van der Waals surface area contributed by atoms with Gasteiger partial charge in [-0.05, 0) is 29.8 Å². The average Bonchev–Trinajstić information content (AvgIpc) is 3.36. The summed E-state index contributed by atoms with van der Waals surface area (Å²) in [5.74, 6) is 0.741. The van der Waals surface area contributed by atoms with Crippen LogP contribution in [-0.2, 0) is 11.9 Å². The molecule has 5 nitrogen and oxygen atoms in total. The van der Waals surface area contributed by atoms with Gasteiger partial charge in [-0.3, -0.25) is 0 Å². The number of rotatable bonds is 5. The normalized spacial score (nSPS) is 11.7. The van der Waals surface area contributed by atoms with Gasteiger partial charge in [-0.15, -0.1) is 0 Å². The van der Waals surface area contributed by atoms with Gasteiger partial charge >= 0.3 is 6.18 Å². The minimum absolute atomic E-state index is 0.113. The monoisotopic (exact) mass is 480 g/mol. The number of imidazole rings is 1. The molecule has 4 rings (SSSR count). The molecule has 0 aliphatic rings. The third-order valence-electron chi connectivity index (χ3n) is 3.96. The number of aromatic amines is 1. The first kappa shape index (κ1) is 19.7. The Kier molecular flexibility index (Phi) is 5.46. The molecule has 0 saturated heterocycles. The van der Waals surface area contributed by atoms with E-state index < -0.39 is 11.7 Å². The highest BCUT2D eigenvalue weighted by molar-refractivity contribution is 9.10. The maximum Gasteiger partial charge on any atom is 0.416 e. The van der Waals surface area contributed by atoms with E-state index in [0.29, 0.717) is 16.8 Å². The fourth-order valence-corrected chi connectivity index (χ4v) is 3.50. The van der Waals surface area contributed by atoms with Crippen molar-refractivity contribution in [2.75, 3.05) is 0 Å². The maximum atomic E-state index is 12.9. The van der Waals surface area contributed by atoms with Gasteiger partial charge in [0.05, 0.1) is 23.2 Å². The Morgan fingerprint density at radius 1 is 1.07 bits per heavy atom. The molecular weight excluding hydrogens is 469 g/mol. The van der Waals surface area contributed by atoms with Crippen LogP contribution in [0.2, 0.25) is 0 Å². The largest absolute Gasteiger partial charge is 0.416 e. The summed E-state index contributed by atoms with van der Waals surface area (Å²) in [5, 5.41) is 4.45. The number of nitrogens with zero attached hydrogens (tertiary/aromatic N) is 3. The molecule has 0 radical (unpaired) electrons. The van der Waals surface area contributed by atoms with Crippen molar-refractivity contribution in [2.24, 2.45) is 0 Å². The summed E-state index contributed by atoms with van der Waals surface area (Å²) >= 11 is 4.75. The molecule has 0 aliphatic carbocycles. The molecule has 0 amide bonds. The number of alkyl halides is 3. The molecule has 0 atom stereocenters. The molecule has 0 unspecified atom stereocenters. The minimum atomic E-state index is -4.43. The number of hydrogen-bond donors (Lipinski definition) is 1. The van der Waals surface area contributed by atoms with Crippen molar-refractivity contribution in [1.29, 1.82) is 0 Å². The minimum Gasteiger partial charge on any atom is -0.338 e. The first-order valence-electron chi connectivity index (χ1n) is 8.32. The van der Waals surface area contributed by atoms with Gasteiger partial charge in [-0.2, -0.15) is 18.2 Å². The van der Waals surface area contributed by atoms with Crippen LogP contribution in [0.4, 0.5) is 13.2 Å². The molecule has 2 heterocycles. The van der Waals surface area contributed by atoms with Crippen molar-refractivity contribution in [2.45, 2.75) is 17.1 Å². The number of aromatic nitrogens is 4. The third-order valence-corrected chi connectivity index (χ3v) is 5.36. The Labute approximate surface area is 175 Å². The summed E-state index contributed by atoms with van der Waals surface area (Å²) in [6, 6.07) is 12.6. The van der Waals surface area contributed by atoms with E-state index in [4.69, 9.17) is 4.52 Å². The van der Waals surface area contributed by atoms with Crippen molar-refractivity contribution >= 4 is 27.7 Å². The smallest absolute Gasteiger partial charge is 0.338 e. The fourth-order valence-electron chi connectivity index (χ4n) is 2.55. The van der Waals surface area contributed by atoms with Crippen LogP contribution in [0.25, 0.3) is 22.6 Å². The van der Waals surface area contributed by atoms with E-state index in [1.165, 1.54) is 23.9 Å². The zero-order valence-electron chi connectivity index (χ0n) is 14.6. The zero-order valence-corrected chi connectivity index (χ0v) is 17.0. The molecule has 0 saturated carbocycles. The van der Waals surface area contributed by atoms with Crippen molar-refractivity contribution in [3.63, 3.8) is 0 Å². The Balaban J connectivity index is 1.43. The van der Waals surface area contributed by atoms with Crippen LogP contribution in [-0.4, -0.2) is 20.1 Å². The predicted octanol–water partition coefficient (Wildman–Crippen LogP) is 6.20. The summed E-state index contributed by atoms with van der Waals surface area (Å²) in [4.78, 5) is 11.7. The SMILES string of the molecule is FC(F)(F)c1cccc(-c2noc(CSc3ncc(-c4ccc(Br)cc4)[nH]3)n2)c1. The van der Waals surface area contributed by atoms with Crippen LogP contribution in [0.3, 0.4) is 0 Å². The summed E-state index contributed by atoms with van der Waals surface area (Å²) in [7, 11) is 0. The molecule has 0 bridgehead atoms. The lowest BCUT2D eigenvalue weighted by molar-refractivity contribution is -0.137. The average molecular weight is 481 g/mol. The molecule has 2 aromatic heterocycles. The molecule has 148 valence electrons. The molecule has 1 N–H and O–H groups in total. The quantitative estimate of drug-likeness (QED) is 0.344. The molecule has 10 heteroatoms. The molecule has 4 aromatic rings. The van der Waals surface area contributed by atoms with E-state index in [2.05, 4.69) is 36.0 Å². The van der Waals surface area contributed by atoms with Gasteiger partial charge < -0.3 is 9.51 Å². The van der Waals surface area contributed by atoms with Crippen molar-refractivity contribution < 1.29 is 17.7 Å². The van der Waals surface area contributed by atoms with E-state index >= 15 is 0 Å². The Morgan fingerprint density at radius 2 is 1.86 bits per heavy atom. The van der Waals surface area contributed by atoms with Crippen LogP contribution >= 0.6 is 27.7 Å². The van der Waals surface area contributed by atoms with Gasteiger partial charge in [0.2, 0.25) is 11.7 Å². The first-order chi connectivity index (χ1) is 13.9. The zero-order chi connectivity index (χ0) is 20.4. The summed E-state index contributed by atoms with van der Waals surface area (Å²) in [6.07, 6.45) is -2.70. The number of nitrogens with one attached hydrogen (secondary N) is 1. The van der Waals surface area contributed by atoms with Gasteiger partial charge in [0.1, 0.15) is 0 Å². The molecule has 29 heavy (non-hydrogen) atoms. The van der Waals surface area contributed by atoms with Crippen molar-refractivity contribution in [3.05, 3.63) is 70.7 Å². The van der Waals surface area contributed by atoms with E-state index in [1.54, 1.807) is 6.20 Å². The van der Waals surface area contributed by atoms with Gasteiger partial charge in [0, 0.05) is 10.0 Å². The second-order valence-electron chi connectivity index (χ2n) is 5.99. The summed E-state index contributed by atoms with van der Waals surface area (Å²) in [5.41, 5.74) is 1.36. The summed E-state index contributed by atoms with van der Waals surface area (Å²) in [6.45, 7) is 0. The molecule has 2 aromatic carbocycles. The number of H-pyrrole nitrogens is 1. The standard InChI is InChI=1S/C19H12BrF3N4OS/c20-14-6-4-11(5-7-14)15-9-24-18(25-15)29-10-16-26-17(27-28-16)12-2-1-3-13(8-12)19(21,22)23/h1-9H,10H2,(H,24,25). The van der Waals surface area contributed by atoms with Gasteiger partial charge in [-0.1, -0.05) is 57.1 Å².